The van der Waals surface area contributed by atoms with Crippen LogP contribution in [0, 0.1) is 17.2 Å². The third-order valence-corrected chi connectivity index (χ3v) is 6.71. The molecule has 0 radical (unpaired) electrons. The maximum Gasteiger partial charge on any atom is 0.253 e. The topological polar surface area (TPSA) is 61.2 Å². The number of thiophene rings is 1. The molecule has 0 fully saturated rings. The third kappa shape index (κ3) is 3.79. The van der Waals surface area contributed by atoms with Gasteiger partial charge in [-0.25, -0.2) is 8.42 Å². The molecular formula is C11H15BrN2O2S2. The van der Waals surface area contributed by atoms with Gasteiger partial charge in [0, 0.05) is 24.0 Å². The summed E-state index contributed by atoms with van der Waals surface area (Å²) in [6.45, 7) is 4.58. The van der Waals surface area contributed by atoms with Crippen LogP contribution in [-0.4, -0.2) is 25.8 Å². The summed E-state index contributed by atoms with van der Waals surface area (Å²) in [6, 6.07) is 3.71. The molecule has 0 aliphatic heterocycles. The van der Waals surface area contributed by atoms with Crippen LogP contribution in [0.2, 0.25) is 0 Å². The first-order valence-corrected chi connectivity index (χ1v) is 8.61. The van der Waals surface area contributed by atoms with Crippen LogP contribution in [0.4, 0.5) is 0 Å². The maximum atomic E-state index is 12.5. The predicted octanol–water partition coefficient (Wildman–Crippen LogP) is 3.07. The Hall–Kier alpha value is -0.420. The second kappa shape index (κ2) is 6.66. The molecule has 0 aliphatic rings. The molecule has 1 rings (SSSR count). The zero-order valence-corrected chi connectivity index (χ0v) is 13.5. The van der Waals surface area contributed by atoms with Gasteiger partial charge in [0.1, 0.15) is 4.21 Å². The van der Waals surface area contributed by atoms with E-state index in [9.17, 15) is 8.42 Å². The molecule has 100 valence electrons. The molecule has 0 aromatic carbocycles. The lowest BCUT2D eigenvalue weighted by molar-refractivity contribution is 0.373. The molecule has 1 aromatic heterocycles. The smallest absolute Gasteiger partial charge is 0.206 e. The Bertz CT molecular complexity index is 531. The molecule has 0 saturated heterocycles. The molecule has 4 nitrogen and oxygen atoms in total. The largest absolute Gasteiger partial charge is 0.253 e. The van der Waals surface area contributed by atoms with Crippen molar-refractivity contribution in [2.75, 3.05) is 13.1 Å². The highest BCUT2D eigenvalue weighted by atomic mass is 79.9. The van der Waals surface area contributed by atoms with E-state index in [1.807, 2.05) is 19.9 Å². The lowest BCUT2D eigenvalue weighted by Gasteiger charge is -2.22. The summed E-state index contributed by atoms with van der Waals surface area (Å²) in [6.07, 6.45) is 0.203. The normalized spacial score (nSPS) is 12.0. The molecule has 0 amide bonds. The summed E-state index contributed by atoms with van der Waals surface area (Å²) >= 11 is 4.43. The molecule has 0 bridgehead atoms. The zero-order chi connectivity index (χ0) is 13.8. The average molecular weight is 351 g/mol. The lowest BCUT2D eigenvalue weighted by atomic mass is 10.2. The summed E-state index contributed by atoms with van der Waals surface area (Å²) < 4.78 is 27.2. The van der Waals surface area contributed by atoms with Crippen molar-refractivity contribution < 1.29 is 8.42 Å². The highest BCUT2D eigenvalue weighted by molar-refractivity contribution is 9.10. The van der Waals surface area contributed by atoms with Crippen LogP contribution in [0.3, 0.4) is 0 Å². The van der Waals surface area contributed by atoms with Crippen molar-refractivity contribution in [3.63, 3.8) is 0 Å². The van der Waals surface area contributed by atoms with Gasteiger partial charge in [-0.2, -0.15) is 9.57 Å². The molecule has 1 aromatic rings. The lowest BCUT2D eigenvalue weighted by Crippen LogP contribution is -2.34. The van der Waals surface area contributed by atoms with E-state index in [0.717, 1.165) is 0 Å². The molecule has 7 heteroatoms. The number of hydrogen-bond acceptors (Lipinski definition) is 4. The van der Waals surface area contributed by atoms with E-state index >= 15 is 0 Å². The van der Waals surface area contributed by atoms with Gasteiger partial charge < -0.3 is 0 Å². The van der Waals surface area contributed by atoms with Crippen molar-refractivity contribution in [3.05, 3.63) is 15.9 Å². The van der Waals surface area contributed by atoms with Crippen molar-refractivity contribution in [1.82, 2.24) is 4.31 Å². The minimum absolute atomic E-state index is 0.203. The fourth-order valence-corrected chi connectivity index (χ4v) is 5.53. The molecule has 18 heavy (non-hydrogen) atoms. The van der Waals surface area contributed by atoms with Crippen molar-refractivity contribution in [2.45, 2.75) is 24.5 Å². The van der Waals surface area contributed by atoms with E-state index in [2.05, 4.69) is 15.9 Å². The first kappa shape index (κ1) is 15.6. The minimum atomic E-state index is -3.50. The van der Waals surface area contributed by atoms with Gasteiger partial charge in [0.2, 0.25) is 0 Å². The van der Waals surface area contributed by atoms with Gasteiger partial charge in [0.05, 0.1) is 6.07 Å². The Morgan fingerprint density at radius 2 is 2.22 bits per heavy atom. The van der Waals surface area contributed by atoms with Crippen LogP contribution in [-0.2, 0) is 10.0 Å². The van der Waals surface area contributed by atoms with Gasteiger partial charge in [-0.15, -0.1) is 11.3 Å². The second-order valence-corrected chi connectivity index (χ2v) is 8.12. The number of rotatable bonds is 6. The number of hydrogen-bond donors (Lipinski definition) is 0. The van der Waals surface area contributed by atoms with Crippen LogP contribution < -0.4 is 0 Å². The molecule has 0 unspecified atom stereocenters. The van der Waals surface area contributed by atoms with E-state index in [-0.39, 0.29) is 18.9 Å². The average Bonchev–Trinajstić information content (AvgIpc) is 2.70. The van der Waals surface area contributed by atoms with Crippen LogP contribution in [0.25, 0.3) is 0 Å². The van der Waals surface area contributed by atoms with Crippen LogP contribution >= 0.6 is 27.3 Å². The summed E-state index contributed by atoms with van der Waals surface area (Å²) in [5.74, 6) is 0.220. The van der Waals surface area contributed by atoms with Crippen LogP contribution in [0.5, 0.6) is 0 Å². The molecule has 0 spiro atoms. The van der Waals surface area contributed by atoms with Gasteiger partial charge in [-0.1, -0.05) is 13.8 Å². The van der Waals surface area contributed by atoms with E-state index in [1.165, 1.54) is 15.6 Å². The quantitative estimate of drug-likeness (QED) is 0.791. The van der Waals surface area contributed by atoms with E-state index in [0.29, 0.717) is 15.2 Å². The maximum absolute atomic E-state index is 12.5. The predicted molar refractivity (Wildman–Crippen MR) is 75.8 cm³/mol. The summed E-state index contributed by atoms with van der Waals surface area (Å²) in [5.41, 5.74) is 0. The second-order valence-electron chi connectivity index (χ2n) is 4.22. The van der Waals surface area contributed by atoms with Crippen molar-refractivity contribution in [2.24, 2.45) is 5.92 Å². The third-order valence-electron chi connectivity index (χ3n) is 2.20. The van der Waals surface area contributed by atoms with E-state index < -0.39 is 10.0 Å². The molecule has 0 atom stereocenters. The Kier molecular flexibility index (Phi) is 5.79. The SMILES string of the molecule is CC(C)CN(CCC#N)S(=O)(=O)c1sccc1Br. The van der Waals surface area contributed by atoms with E-state index in [4.69, 9.17) is 5.26 Å². The Morgan fingerprint density at radius 3 is 2.67 bits per heavy atom. The van der Waals surface area contributed by atoms with Gasteiger partial charge in [0.25, 0.3) is 10.0 Å². The number of nitrogens with zero attached hydrogens (tertiary/aromatic N) is 2. The number of sulfonamides is 1. The molecule has 0 saturated carbocycles. The van der Waals surface area contributed by atoms with Crippen LogP contribution in [0.1, 0.15) is 20.3 Å². The zero-order valence-electron chi connectivity index (χ0n) is 10.3. The number of halogens is 1. The van der Waals surface area contributed by atoms with Crippen molar-refractivity contribution >= 4 is 37.3 Å². The summed E-state index contributed by atoms with van der Waals surface area (Å²) in [5, 5.41) is 10.4. The van der Waals surface area contributed by atoms with Gasteiger partial charge in [0.15, 0.2) is 0 Å². The fraction of sp³-hybridized carbons (Fsp3) is 0.545. The molecule has 0 N–H and O–H groups in total. The van der Waals surface area contributed by atoms with Gasteiger partial charge in [-0.05, 0) is 33.3 Å². The molecule has 1 heterocycles. The van der Waals surface area contributed by atoms with Crippen molar-refractivity contribution in [3.8, 4) is 6.07 Å². The molecular weight excluding hydrogens is 336 g/mol. The van der Waals surface area contributed by atoms with Crippen LogP contribution in [0.15, 0.2) is 20.1 Å². The minimum Gasteiger partial charge on any atom is -0.206 e. The fourth-order valence-electron chi connectivity index (χ4n) is 1.47. The highest BCUT2D eigenvalue weighted by Gasteiger charge is 2.27. The van der Waals surface area contributed by atoms with E-state index in [1.54, 1.807) is 11.4 Å². The molecule has 0 aliphatic carbocycles. The van der Waals surface area contributed by atoms with Gasteiger partial charge >= 0.3 is 0 Å². The monoisotopic (exact) mass is 350 g/mol. The Balaban J connectivity index is 3.04. The summed E-state index contributed by atoms with van der Waals surface area (Å²) in [4.78, 5) is 0. The Labute approximate surface area is 120 Å². The first-order chi connectivity index (χ1) is 8.39. The summed E-state index contributed by atoms with van der Waals surface area (Å²) in [7, 11) is -3.50. The van der Waals surface area contributed by atoms with Gasteiger partial charge in [-0.3, -0.25) is 0 Å². The van der Waals surface area contributed by atoms with Crippen molar-refractivity contribution in [1.29, 1.82) is 5.26 Å². The highest BCUT2D eigenvalue weighted by Crippen LogP contribution is 2.30. The number of nitriles is 1. The first-order valence-electron chi connectivity index (χ1n) is 5.49. The standard InChI is InChI=1S/C11H15BrN2O2S2/c1-9(2)8-14(6-3-5-13)18(15,16)11-10(12)4-7-17-11/h4,7,9H,3,6,8H2,1-2H3. The Morgan fingerprint density at radius 1 is 1.56 bits per heavy atom.